The predicted molar refractivity (Wildman–Crippen MR) is 90.9 cm³/mol. The molecular formula is C18H23FN4O2. The highest BCUT2D eigenvalue weighted by Gasteiger charge is 2.24. The van der Waals surface area contributed by atoms with E-state index in [4.69, 9.17) is 0 Å². The maximum Gasteiger partial charge on any atom is 0.360 e. The summed E-state index contributed by atoms with van der Waals surface area (Å²) in [6.07, 6.45) is 3.58. The molecular weight excluding hydrogens is 323 g/mol. The molecule has 1 fully saturated rings. The molecule has 134 valence electrons. The number of methoxy groups -OCH3 is 1. The fraction of sp³-hybridized carbons (Fsp3) is 0.500. The van der Waals surface area contributed by atoms with Gasteiger partial charge in [-0.25, -0.2) is 13.9 Å². The Labute approximate surface area is 146 Å². The highest BCUT2D eigenvalue weighted by Crippen LogP contribution is 2.24. The number of ether oxygens (including phenoxy) is 1. The molecule has 7 heteroatoms. The zero-order valence-electron chi connectivity index (χ0n) is 14.6. The van der Waals surface area contributed by atoms with Gasteiger partial charge in [-0.3, -0.25) is 0 Å². The van der Waals surface area contributed by atoms with Crippen LogP contribution in [0.25, 0.3) is 0 Å². The molecule has 1 aromatic heterocycles. The summed E-state index contributed by atoms with van der Waals surface area (Å²) in [7, 11) is 1.34. The number of carbonyl (C=O) groups is 1. The summed E-state index contributed by atoms with van der Waals surface area (Å²) in [5.41, 5.74) is 1.40. The number of hydrogen-bond acceptors (Lipinski definition) is 5. The first-order valence-electron chi connectivity index (χ1n) is 8.54. The Morgan fingerprint density at radius 2 is 2.00 bits per heavy atom. The second kappa shape index (κ2) is 7.74. The fourth-order valence-electron chi connectivity index (χ4n) is 3.30. The normalized spacial score (nSPS) is 17.4. The van der Waals surface area contributed by atoms with Crippen molar-refractivity contribution < 1.29 is 13.9 Å². The van der Waals surface area contributed by atoms with E-state index in [0.717, 1.165) is 38.0 Å². The fourth-order valence-corrected chi connectivity index (χ4v) is 3.30. The van der Waals surface area contributed by atoms with E-state index in [1.165, 1.54) is 19.2 Å². The van der Waals surface area contributed by atoms with Crippen LogP contribution < -0.4 is 0 Å². The topological polar surface area (TPSA) is 60.2 Å². The van der Waals surface area contributed by atoms with Gasteiger partial charge in [-0.05, 0) is 36.5 Å². The number of piperidine rings is 1. The number of benzene rings is 1. The third-order valence-electron chi connectivity index (χ3n) is 4.81. The van der Waals surface area contributed by atoms with Crippen molar-refractivity contribution in [1.82, 2.24) is 19.9 Å². The van der Waals surface area contributed by atoms with Crippen LogP contribution in [0.2, 0.25) is 0 Å². The van der Waals surface area contributed by atoms with Crippen LogP contribution in [0.1, 0.15) is 47.8 Å². The van der Waals surface area contributed by atoms with E-state index in [1.54, 1.807) is 10.9 Å². The first-order valence-corrected chi connectivity index (χ1v) is 8.54. The molecule has 0 amide bonds. The quantitative estimate of drug-likeness (QED) is 0.779. The number of rotatable bonds is 5. The lowest BCUT2D eigenvalue weighted by Crippen LogP contribution is -2.37. The van der Waals surface area contributed by atoms with Gasteiger partial charge in [0.05, 0.1) is 19.3 Å². The van der Waals surface area contributed by atoms with E-state index in [2.05, 4.69) is 26.9 Å². The van der Waals surface area contributed by atoms with Crippen LogP contribution in [0.15, 0.2) is 30.5 Å². The van der Waals surface area contributed by atoms with Crippen molar-refractivity contribution in [3.05, 3.63) is 47.5 Å². The van der Waals surface area contributed by atoms with Crippen molar-refractivity contribution in [2.75, 3.05) is 26.7 Å². The van der Waals surface area contributed by atoms with Crippen LogP contribution in [-0.2, 0) is 4.74 Å². The Morgan fingerprint density at radius 1 is 1.32 bits per heavy atom. The number of halogens is 1. The second-order valence-corrected chi connectivity index (χ2v) is 6.56. The molecule has 0 spiro atoms. The van der Waals surface area contributed by atoms with Crippen LogP contribution in [-0.4, -0.2) is 52.6 Å². The van der Waals surface area contributed by atoms with Gasteiger partial charge in [0.2, 0.25) is 0 Å². The molecule has 2 aromatic rings. The lowest BCUT2D eigenvalue weighted by atomic mass is 9.98. The summed E-state index contributed by atoms with van der Waals surface area (Å²) in [5.74, 6) is -0.304. The molecule has 0 radical (unpaired) electrons. The van der Waals surface area contributed by atoms with Crippen molar-refractivity contribution in [3.8, 4) is 0 Å². The Hall–Kier alpha value is -2.28. The van der Waals surface area contributed by atoms with Gasteiger partial charge in [-0.1, -0.05) is 24.3 Å². The van der Waals surface area contributed by atoms with Crippen molar-refractivity contribution >= 4 is 5.97 Å². The zero-order valence-corrected chi connectivity index (χ0v) is 14.6. The summed E-state index contributed by atoms with van der Waals surface area (Å²) < 4.78 is 19.5. The molecule has 25 heavy (non-hydrogen) atoms. The molecule has 1 atom stereocenters. The van der Waals surface area contributed by atoms with Crippen molar-refractivity contribution in [2.45, 2.75) is 31.7 Å². The van der Waals surface area contributed by atoms with Crippen LogP contribution >= 0.6 is 0 Å². The van der Waals surface area contributed by atoms with Gasteiger partial charge in [-0.2, -0.15) is 0 Å². The molecule has 0 aliphatic carbocycles. The second-order valence-electron chi connectivity index (χ2n) is 6.56. The maximum absolute atomic E-state index is 13.0. The van der Waals surface area contributed by atoms with E-state index in [1.807, 2.05) is 12.1 Å². The number of hydrogen-bond donors (Lipinski definition) is 0. The Kier molecular flexibility index (Phi) is 5.43. The van der Waals surface area contributed by atoms with Crippen molar-refractivity contribution in [2.24, 2.45) is 0 Å². The van der Waals surface area contributed by atoms with Gasteiger partial charge >= 0.3 is 5.97 Å². The number of carbonyl (C=O) groups excluding carboxylic acids is 1. The summed E-state index contributed by atoms with van der Waals surface area (Å²) in [5, 5.41) is 7.93. The predicted octanol–water partition coefficient (Wildman–Crippen LogP) is 2.64. The SMILES string of the molecule is COC(=O)c1cn(C2CCN(C[C@@H](C)c3ccc(F)cc3)CC2)nn1. The van der Waals surface area contributed by atoms with Gasteiger partial charge in [0.1, 0.15) is 5.82 Å². The van der Waals surface area contributed by atoms with E-state index in [9.17, 15) is 9.18 Å². The highest BCUT2D eigenvalue weighted by atomic mass is 19.1. The van der Waals surface area contributed by atoms with E-state index < -0.39 is 5.97 Å². The number of esters is 1. The minimum absolute atomic E-state index is 0.198. The summed E-state index contributed by atoms with van der Waals surface area (Å²) in [4.78, 5) is 13.9. The molecule has 0 N–H and O–H groups in total. The summed E-state index contributed by atoms with van der Waals surface area (Å²) in [6, 6.07) is 7.00. The van der Waals surface area contributed by atoms with Crippen molar-refractivity contribution in [3.63, 3.8) is 0 Å². The van der Waals surface area contributed by atoms with E-state index >= 15 is 0 Å². The summed E-state index contributed by atoms with van der Waals surface area (Å²) >= 11 is 0. The monoisotopic (exact) mass is 346 g/mol. The molecule has 6 nitrogen and oxygen atoms in total. The number of nitrogens with zero attached hydrogens (tertiary/aromatic N) is 4. The van der Waals surface area contributed by atoms with Crippen LogP contribution in [0.5, 0.6) is 0 Å². The lowest BCUT2D eigenvalue weighted by molar-refractivity contribution is 0.0594. The van der Waals surface area contributed by atoms with Crippen LogP contribution in [0.3, 0.4) is 0 Å². The molecule has 1 aromatic carbocycles. The molecule has 1 aliphatic heterocycles. The number of aromatic nitrogens is 3. The lowest BCUT2D eigenvalue weighted by Gasteiger charge is -2.33. The molecule has 0 unspecified atom stereocenters. The average Bonchev–Trinajstić information content (AvgIpc) is 3.12. The molecule has 0 bridgehead atoms. The van der Waals surface area contributed by atoms with Gasteiger partial charge in [-0.15, -0.1) is 5.10 Å². The van der Waals surface area contributed by atoms with E-state index in [-0.39, 0.29) is 17.6 Å². The molecule has 1 saturated heterocycles. The minimum atomic E-state index is -0.461. The van der Waals surface area contributed by atoms with E-state index in [0.29, 0.717) is 5.92 Å². The third-order valence-corrected chi connectivity index (χ3v) is 4.81. The molecule has 0 saturated carbocycles. The summed E-state index contributed by atoms with van der Waals surface area (Å²) in [6.45, 7) is 5.04. The zero-order chi connectivity index (χ0) is 17.8. The van der Waals surface area contributed by atoms with Crippen molar-refractivity contribution in [1.29, 1.82) is 0 Å². The van der Waals surface area contributed by atoms with Gasteiger partial charge in [0.15, 0.2) is 5.69 Å². The highest BCUT2D eigenvalue weighted by molar-refractivity contribution is 5.86. The maximum atomic E-state index is 13.0. The first kappa shape index (κ1) is 17.5. The minimum Gasteiger partial charge on any atom is -0.464 e. The van der Waals surface area contributed by atoms with Crippen LogP contribution in [0, 0.1) is 5.82 Å². The largest absolute Gasteiger partial charge is 0.464 e. The standard InChI is InChI=1S/C18H23FN4O2/c1-13(14-3-5-15(19)6-4-14)11-22-9-7-16(8-10-22)23-12-17(20-21-23)18(24)25-2/h3-6,12-13,16H,7-11H2,1-2H3/t13-/m1/s1. The average molecular weight is 346 g/mol. The van der Waals surface area contributed by atoms with Gasteiger partial charge in [0.25, 0.3) is 0 Å². The third kappa shape index (κ3) is 4.22. The Morgan fingerprint density at radius 3 is 2.64 bits per heavy atom. The Balaban J connectivity index is 1.52. The van der Waals surface area contributed by atoms with Crippen LogP contribution in [0.4, 0.5) is 4.39 Å². The first-order chi connectivity index (χ1) is 12.1. The van der Waals surface area contributed by atoms with Gasteiger partial charge in [0, 0.05) is 19.6 Å². The molecule has 2 heterocycles. The van der Waals surface area contributed by atoms with Gasteiger partial charge < -0.3 is 9.64 Å². The Bertz CT molecular complexity index is 708. The molecule has 1 aliphatic rings. The number of likely N-dealkylation sites (tertiary alicyclic amines) is 1. The molecule has 3 rings (SSSR count). The smallest absolute Gasteiger partial charge is 0.360 e.